The maximum Gasteiger partial charge on any atom is 0.266 e. The van der Waals surface area contributed by atoms with Crippen LogP contribution in [-0.4, -0.2) is 26.8 Å². The lowest BCUT2D eigenvalue weighted by molar-refractivity contribution is 0.411. The van der Waals surface area contributed by atoms with Crippen molar-refractivity contribution in [3.63, 3.8) is 0 Å². The predicted octanol–water partition coefficient (Wildman–Crippen LogP) is 5.39. The molecule has 33 heavy (non-hydrogen) atoms. The number of aromatic nitrogens is 4. The highest BCUT2D eigenvalue weighted by Crippen LogP contribution is 2.30. The molecule has 0 fully saturated rings. The number of thioether (sulfide) groups is 1. The second-order valence-electron chi connectivity index (χ2n) is 7.01. The number of nitrogens with zero attached hydrogens (tertiary/aromatic N) is 4. The summed E-state index contributed by atoms with van der Waals surface area (Å²) in [6, 6.07) is 21.9. The molecule has 5 aromatic rings. The Morgan fingerprint density at radius 1 is 1.00 bits per heavy atom. The van der Waals surface area contributed by atoms with Crippen LogP contribution in [0.2, 0.25) is 5.02 Å². The maximum absolute atomic E-state index is 13.4. The van der Waals surface area contributed by atoms with Crippen molar-refractivity contribution in [3.8, 4) is 22.9 Å². The average Bonchev–Trinajstić information content (AvgIpc) is 3.32. The van der Waals surface area contributed by atoms with Gasteiger partial charge in [0.1, 0.15) is 5.75 Å². The summed E-state index contributed by atoms with van der Waals surface area (Å²) >= 11 is 7.57. The van der Waals surface area contributed by atoms with Crippen LogP contribution in [0.25, 0.3) is 28.0 Å². The van der Waals surface area contributed by atoms with E-state index >= 15 is 0 Å². The van der Waals surface area contributed by atoms with Gasteiger partial charge in [0.25, 0.3) is 11.4 Å². The first-order valence-corrected chi connectivity index (χ1v) is 11.4. The van der Waals surface area contributed by atoms with Gasteiger partial charge < -0.3 is 9.26 Å². The molecule has 0 amide bonds. The minimum atomic E-state index is -0.183. The van der Waals surface area contributed by atoms with E-state index in [1.807, 2.05) is 54.6 Å². The van der Waals surface area contributed by atoms with Crippen LogP contribution in [0.1, 0.15) is 5.82 Å². The number of para-hydroxylation sites is 3. The molecule has 0 aliphatic carbocycles. The summed E-state index contributed by atoms with van der Waals surface area (Å²) in [5.41, 5.74) is 1.70. The molecule has 2 heterocycles. The Morgan fingerprint density at radius 3 is 2.61 bits per heavy atom. The summed E-state index contributed by atoms with van der Waals surface area (Å²) in [6.45, 7) is 0. The molecular formula is C24H17ClN4O3S. The van der Waals surface area contributed by atoms with E-state index < -0.39 is 0 Å². The van der Waals surface area contributed by atoms with E-state index in [9.17, 15) is 4.79 Å². The smallest absolute Gasteiger partial charge is 0.266 e. The van der Waals surface area contributed by atoms with Gasteiger partial charge in [-0.25, -0.2) is 4.98 Å². The van der Waals surface area contributed by atoms with E-state index in [1.165, 1.54) is 11.8 Å². The minimum absolute atomic E-state index is 0.183. The van der Waals surface area contributed by atoms with Crippen molar-refractivity contribution in [2.45, 2.75) is 10.9 Å². The van der Waals surface area contributed by atoms with Crippen LogP contribution >= 0.6 is 23.4 Å². The highest BCUT2D eigenvalue weighted by molar-refractivity contribution is 7.98. The molecule has 0 aliphatic heterocycles. The molecule has 0 unspecified atom stereocenters. The van der Waals surface area contributed by atoms with Crippen LogP contribution in [-0.2, 0) is 5.75 Å². The van der Waals surface area contributed by atoms with Gasteiger partial charge in [-0.15, -0.1) is 0 Å². The SMILES string of the molecule is COc1ccccc1-n1c(SCc2noc(-c3ccccc3Cl)n2)nc2ccccc2c1=O. The molecule has 0 N–H and O–H groups in total. The second-order valence-corrected chi connectivity index (χ2v) is 8.36. The summed E-state index contributed by atoms with van der Waals surface area (Å²) in [5, 5.41) is 5.61. The highest BCUT2D eigenvalue weighted by atomic mass is 35.5. The molecule has 0 spiro atoms. The molecule has 164 valence electrons. The van der Waals surface area contributed by atoms with Crippen LogP contribution in [0.5, 0.6) is 5.75 Å². The van der Waals surface area contributed by atoms with Gasteiger partial charge in [-0.3, -0.25) is 9.36 Å². The van der Waals surface area contributed by atoms with Crippen molar-refractivity contribution in [2.24, 2.45) is 0 Å². The molecular weight excluding hydrogens is 460 g/mol. The number of rotatable bonds is 6. The molecule has 9 heteroatoms. The third-order valence-electron chi connectivity index (χ3n) is 4.97. The van der Waals surface area contributed by atoms with E-state index in [2.05, 4.69) is 10.1 Å². The van der Waals surface area contributed by atoms with E-state index in [-0.39, 0.29) is 5.56 Å². The molecule has 2 aromatic heterocycles. The summed E-state index contributed by atoms with van der Waals surface area (Å²) in [6.07, 6.45) is 0. The number of hydrogen-bond acceptors (Lipinski definition) is 7. The van der Waals surface area contributed by atoms with Crippen LogP contribution in [0, 0.1) is 0 Å². The van der Waals surface area contributed by atoms with Crippen molar-refractivity contribution >= 4 is 34.3 Å². The summed E-state index contributed by atoms with van der Waals surface area (Å²) in [4.78, 5) is 22.6. The first kappa shape index (κ1) is 21.2. The number of halogens is 1. The first-order chi connectivity index (χ1) is 16.2. The van der Waals surface area contributed by atoms with Gasteiger partial charge in [0.15, 0.2) is 11.0 Å². The van der Waals surface area contributed by atoms with E-state index in [4.69, 9.17) is 25.8 Å². The van der Waals surface area contributed by atoms with Crippen molar-refractivity contribution in [1.82, 2.24) is 19.7 Å². The van der Waals surface area contributed by atoms with E-state index in [0.29, 0.717) is 55.6 Å². The number of hydrogen-bond donors (Lipinski definition) is 0. The summed E-state index contributed by atoms with van der Waals surface area (Å²) < 4.78 is 12.5. The predicted molar refractivity (Wildman–Crippen MR) is 128 cm³/mol. The fourth-order valence-corrected chi connectivity index (χ4v) is 4.49. The van der Waals surface area contributed by atoms with Crippen molar-refractivity contribution < 1.29 is 9.26 Å². The Bertz CT molecular complexity index is 1520. The van der Waals surface area contributed by atoms with Gasteiger partial charge in [-0.2, -0.15) is 4.98 Å². The molecule has 0 aliphatic rings. The molecule has 0 saturated carbocycles. The Labute approximate surface area is 198 Å². The summed E-state index contributed by atoms with van der Waals surface area (Å²) in [7, 11) is 1.57. The van der Waals surface area contributed by atoms with Gasteiger partial charge in [0.2, 0.25) is 0 Å². The van der Waals surface area contributed by atoms with Crippen molar-refractivity contribution in [3.05, 3.63) is 94.0 Å². The zero-order chi connectivity index (χ0) is 22.8. The van der Waals surface area contributed by atoms with Crippen molar-refractivity contribution in [2.75, 3.05) is 7.11 Å². The third-order valence-corrected chi connectivity index (χ3v) is 6.24. The van der Waals surface area contributed by atoms with Gasteiger partial charge in [-0.1, -0.05) is 64.9 Å². The van der Waals surface area contributed by atoms with Gasteiger partial charge in [-0.05, 0) is 36.4 Å². The molecule has 3 aromatic carbocycles. The molecule has 7 nitrogen and oxygen atoms in total. The number of methoxy groups -OCH3 is 1. The Kier molecular flexibility index (Phi) is 5.85. The van der Waals surface area contributed by atoms with Crippen LogP contribution in [0.15, 0.2) is 87.3 Å². The van der Waals surface area contributed by atoms with Crippen molar-refractivity contribution in [1.29, 1.82) is 0 Å². The number of benzene rings is 3. The molecule has 0 radical (unpaired) electrons. The van der Waals surface area contributed by atoms with Gasteiger partial charge in [0, 0.05) is 0 Å². The monoisotopic (exact) mass is 476 g/mol. The van der Waals surface area contributed by atoms with Crippen LogP contribution in [0.4, 0.5) is 0 Å². The molecule has 0 atom stereocenters. The maximum atomic E-state index is 13.4. The Morgan fingerprint density at radius 2 is 1.76 bits per heavy atom. The summed E-state index contributed by atoms with van der Waals surface area (Å²) in [5.74, 6) is 1.71. The standard InChI is InChI=1S/C24H17ClN4O3S/c1-31-20-13-7-6-12-19(20)29-23(30)16-9-3-5-11-18(16)26-24(29)33-14-21-27-22(32-28-21)15-8-2-4-10-17(15)25/h2-13H,14H2,1H3. The zero-order valence-electron chi connectivity index (χ0n) is 17.4. The second kappa shape index (κ2) is 9.09. The topological polar surface area (TPSA) is 83.0 Å². The Balaban J connectivity index is 1.55. The fraction of sp³-hybridized carbons (Fsp3) is 0.0833. The lowest BCUT2D eigenvalue weighted by atomic mass is 10.2. The third kappa shape index (κ3) is 4.10. The fourth-order valence-electron chi connectivity index (χ4n) is 3.42. The molecule has 5 rings (SSSR count). The van der Waals surface area contributed by atoms with Crippen LogP contribution in [0.3, 0.4) is 0 Å². The number of ether oxygens (including phenoxy) is 1. The largest absolute Gasteiger partial charge is 0.495 e. The highest BCUT2D eigenvalue weighted by Gasteiger charge is 2.18. The van der Waals surface area contributed by atoms with Crippen LogP contribution < -0.4 is 10.3 Å². The molecule has 0 bridgehead atoms. The minimum Gasteiger partial charge on any atom is -0.495 e. The molecule has 0 saturated heterocycles. The lowest BCUT2D eigenvalue weighted by Crippen LogP contribution is -2.22. The average molecular weight is 477 g/mol. The Hall–Kier alpha value is -3.62. The van der Waals surface area contributed by atoms with Gasteiger partial charge >= 0.3 is 0 Å². The first-order valence-electron chi connectivity index (χ1n) is 10.0. The quantitative estimate of drug-likeness (QED) is 0.240. The number of fused-ring (bicyclic) bond motifs is 1. The zero-order valence-corrected chi connectivity index (χ0v) is 19.0. The van der Waals surface area contributed by atoms with E-state index in [0.717, 1.165) is 0 Å². The normalized spacial score (nSPS) is 11.1. The van der Waals surface area contributed by atoms with E-state index in [1.54, 1.807) is 29.9 Å². The lowest BCUT2D eigenvalue weighted by Gasteiger charge is -2.15. The van der Waals surface area contributed by atoms with Gasteiger partial charge in [0.05, 0.1) is 40.0 Å².